The molecule has 0 radical (unpaired) electrons. The lowest BCUT2D eigenvalue weighted by Gasteiger charge is -2.18. The molecule has 1 heteroatoms. The molecule has 10 rings (SSSR count). The third-order valence-corrected chi connectivity index (χ3v) is 9.74. The van der Waals surface area contributed by atoms with Crippen LogP contribution in [0.25, 0.3) is 98.8 Å². The average Bonchev–Trinajstić information content (AvgIpc) is 3.60. The summed E-state index contributed by atoms with van der Waals surface area (Å²) in [7, 11) is 0. The lowest BCUT2D eigenvalue weighted by molar-refractivity contribution is 0.670. The van der Waals surface area contributed by atoms with Crippen molar-refractivity contribution in [2.24, 2.45) is 0 Å². The molecule has 9 aromatic carbocycles. The Balaban J connectivity index is 1.24. The van der Waals surface area contributed by atoms with Gasteiger partial charge < -0.3 is 4.42 Å². The third-order valence-electron chi connectivity index (χ3n) is 9.74. The minimum absolute atomic E-state index is 0.0787. The lowest BCUT2D eigenvalue weighted by Crippen LogP contribution is -1.90. The van der Waals surface area contributed by atoms with Gasteiger partial charge in [0.15, 0.2) is 0 Å². The molecule has 0 fully saturated rings. The van der Waals surface area contributed by atoms with E-state index >= 15 is 0 Å². The van der Waals surface area contributed by atoms with Crippen molar-refractivity contribution in [3.05, 3.63) is 182 Å². The van der Waals surface area contributed by atoms with Crippen molar-refractivity contribution in [2.75, 3.05) is 0 Å². The van der Waals surface area contributed by atoms with E-state index in [1.807, 2.05) is 97.1 Å². The van der Waals surface area contributed by atoms with Gasteiger partial charge in [0, 0.05) is 16.3 Å². The maximum atomic E-state index is 9.57. The molecule has 1 aromatic heterocycles. The van der Waals surface area contributed by atoms with Crippen LogP contribution in [0.3, 0.4) is 0 Å². The van der Waals surface area contributed by atoms with E-state index in [0.717, 1.165) is 70.9 Å². The number of hydrogen-bond donors (Lipinski definition) is 0. The Kier molecular flexibility index (Phi) is 5.38. The Morgan fingerprint density at radius 2 is 0.837 bits per heavy atom. The first-order chi connectivity index (χ1) is 26.0. The zero-order valence-electron chi connectivity index (χ0n) is 30.4. The maximum absolute atomic E-state index is 9.57. The summed E-state index contributed by atoms with van der Waals surface area (Å²) in [4.78, 5) is 0. The van der Waals surface area contributed by atoms with Gasteiger partial charge in [0.1, 0.15) is 11.2 Å². The van der Waals surface area contributed by atoms with Crippen LogP contribution in [0.2, 0.25) is 0 Å². The highest BCUT2D eigenvalue weighted by atomic mass is 16.3. The first-order valence-electron chi connectivity index (χ1n) is 18.5. The second-order valence-corrected chi connectivity index (χ2v) is 12.4. The van der Waals surface area contributed by atoms with Gasteiger partial charge in [-0.2, -0.15) is 0 Å². The summed E-state index contributed by atoms with van der Waals surface area (Å²) < 4.78 is 44.8. The molecule has 49 heavy (non-hydrogen) atoms. The van der Waals surface area contributed by atoms with Gasteiger partial charge in [-0.3, -0.25) is 0 Å². The van der Waals surface area contributed by atoms with Gasteiger partial charge in [-0.25, -0.2) is 0 Å². The zero-order valence-corrected chi connectivity index (χ0v) is 26.4. The van der Waals surface area contributed by atoms with Gasteiger partial charge in [0.05, 0.1) is 5.48 Å². The lowest BCUT2D eigenvalue weighted by atomic mass is 9.85. The fraction of sp³-hybridized carbons (Fsp3) is 0. The van der Waals surface area contributed by atoms with Crippen molar-refractivity contribution in [3.63, 3.8) is 0 Å². The highest BCUT2D eigenvalue weighted by Crippen LogP contribution is 2.45. The minimum atomic E-state index is -0.0895. The van der Waals surface area contributed by atoms with Gasteiger partial charge in [0.25, 0.3) is 0 Å². The third kappa shape index (κ3) is 4.33. The van der Waals surface area contributed by atoms with Crippen LogP contribution >= 0.6 is 0 Å². The summed E-state index contributed by atoms with van der Waals surface area (Å²) in [5.74, 6) is 0. The van der Waals surface area contributed by atoms with Crippen LogP contribution in [-0.4, -0.2) is 0 Å². The van der Waals surface area contributed by atoms with E-state index in [4.69, 9.17) is 4.42 Å². The van der Waals surface area contributed by atoms with E-state index in [9.17, 15) is 5.48 Å². The van der Waals surface area contributed by atoms with E-state index in [2.05, 4.69) is 60.7 Å². The van der Waals surface area contributed by atoms with Gasteiger partial charge >= 0.3 is 0 Å². The predicted molar refractivity (Wildman–Crippen MR) is 208 cm³/mol. The van der Waals surface area contributed by atoms with Crippen LogP contribution in [0.1, 0.15) is 5.48 Å². The number of furan rings is 1. The van der Waals surface area contributed by atoms with Crippen LogP contribution < -0.4 is 0 Å². The monoisotopic (exact) mass is 626 g/mol. The molecule has 1 nitrogen and oxygen atoms in total. The Labute approximate surface area is 289 Å². The van der Waals surface area contributed by atoms with Crippen molar-refractivity contribution in [1.82, 2.24) is 0 Å². The number of rotatable bonds is 4. The first-order valence-corrected chi connectivity index (χ1v) is 16.5. The van der Waals surface area contributed by atoms with E-state index in [1.54, 1.807) is 0 Å². The second kappa shape index (κ2) is 11.1. The molecular weight excluding hydrogens is 593 g/mol. The van der Waals surface area contributed by atoms with Gasteiger partial charge in [-0.1, -0.05) is 176 Å². The fourth-order valence-corrected chi connectivity index (χ4v) is 7.61. The summed E-state index contributed by atoms with van der Waals surface area (Å²) in [6, 6.07) is 52.4. The van der Waals surface area contributed by atoms with Crippen LogP contribution in [0.5, 0.6) is 0 Å². The summed E-state index contributed by atoms with van der Waals surface area (Å²) in [6.45, 7) is 0. The molecule has 0 aliphatic heterocycles. The van der Waals surface area contributed by atoms with Crippen molar-refractivity contribution in [1.29, 1.82) is 0 Å². The molecule has 0 N–H and O–H groups in total. The SMILES string of the molecule is [2H]c1c([2H])c(-c2cccc3oc4c(-c5cccc6ccccc56)cccc4c23)c([2H])c([2H])c1-c1c2ccccc2c(-c2ccccc2)c2ccccc12. The highest BCUT2D eigenvalue weighted by Gasteiger charge is 2.19. The predicted octanol–water partition coefficient (Wildman–Crippen LogP) is 13.7. The second-order valence-electron chi connectivity index (χ2n) is 12.4. The fourth-order valence-electron chi connectivity index (χ4n) is 7.61. The standard InChI is InChI=1S/C48H30O/c1-2-14-33(15-3-1)45-38-18-6-8-20-40(38)46(41-21-9-7-19-39(41)45)34-29-27-32(28-30-34)36-22-12-26-44-47(36)43-25-11-24-42(48(43)49-44)37-23-10-16-31-13-4-5-17-35(31)37/h1-30H/i27D,28D,29D,30D. The Bertz CT molecular complexity index is 3020. The minimum Gasteiger partial charge on any atom is -0.455 e. The quantitative estimate of drug-likeness (QED) is 0.177. The molecule has 0 aliphatic carbocycles. The molecule has 0 saturated heterocycles. The summed E-state index contributed by atoms with van der Waals surface area (Å²) in [5, 5.41) is 7.62. The topological polar surface area (TPSA) is 13.1 Å². The normalized spacial score (nSPS) is 12.8. The van der Waals surface area contributed by atoms with Gasteiger partial charge in [-0.05, 0) is 77.3 Å². The molecule has 0 aliphatic rings. The Hall–Kier alpha value is -6.44. The van der Waals surface area contributed by atoms with E-state index in [1.165, 1.54) is 0 Å². The van der Waals surface area contributed by atoms with Crippen molar-refractivity contribution < 1.29 is 9.90 Å². The number of benzene rings is 9. The number of para-hydroxylation sites is 1. The zero-order chi connectivity index (χ0) is 35.8. The smallest absolute Gasteiger partial charge is 0.143 e. The number of hydrogen-bond acceptors (Lipinski definition) is 1. The molecular formula is C48H30O. The molecule has 0 unspecified atom stereocenters. The van der Waals surface area contributed by atoms with Crippen molar-refractivity contribution >= 4 is 54.3 Å². The molecule has 10 aromatic rings. The largest absolute Gasteiger partial charge is 0.455 e. The molecule has 0 spiro atoms. The molecule has 1 heterocycles. The van der Waals surface area contributed by atoms with Gasteiger partial charge in [0.2, 0.25) is 0 Å². The number of fused-ring (bicyclic) bond motifs is 6. The Morgan fingerprint density at radius 1 is 0.347 bits per heavy atom. The molecule has 0 atom stereocenters. The molecule has 228 valence electrons. The van der Waals surface area contributed by atoms with Crippen LogP contribution in [0.4, 0.5) is 0 Å². The van der Waals surface area contributed by atoms with E-state index in [0.29, 0.717) is 22.3 Å². The van der Waals surface area contributed by atoms with Crippen molar-refractivity contribution in [3.8, 4) is 44.5 Å². The Morgan fingerprint density at radius 3 is 1.55 bits per heavy atom. The molecule has 0 bridgehead atoms. The summed E-state index contributed by atoms with van der Waals surface area (Å²) >= 11 is 0. The summed E-state index contributed by atoms with van der Waals surface area (Å²) in [6.07, 6.45) is 0. The molecule has 0 amide bonds. The van der Waals surface area contributed by atoms with Gasteiger partial charge in [-0.15, -0.1) is 0 Å². The first kappa shape index (κ1) is 23.8. The van der Waals surface area contributed by atoms with E-state index < -0.39 is 0 Å². The van der Waals surface area contributed by atoms with Crippen LogP contribution in [-0.2, 0) is 0 Å². The van der Waals surface area contributed by atoms with Crippen LogP contribution in [0.15, 0.2) is 186 Å². The van der Waals surface area contributed by atoms with Crippen molar-refractivity contribution in [2.45, 2.75) is 0 Å². The van der Waals surface area contributed by atoms with E-state index in [-0.39, 0.29) is 29.7 Å². The average molecular weight is 627 g/mol. The highest BCUT2D eigenvalue weighted by molar-refractivity contribution is 6.22. The molecule has 0 saturated carbocycles. The summed E-state index contributed by atoms with van der Waals surface area (Å²) in [5.41, 5.74) is 7.35. The van der Waals surface area contributed by atoms with Crippen LogP contribution in [0, 0.1) is 0 Å². The maximum Gasteiger partial charge on any atom is 0.143 e.